The van der Waals surface area contributed by atoms with Crippen LogP contribution in [-0.4, -0.2) is 28.2 Å². The summed E-state index contributed by atoms with van der Waals surface area (Å²) < 4.78 is 6.34. The van der Waals surface area contributed by atoms with Crippen LogP contribution in [-0.2, 0) is 4.74 Å². The third-order valence-electron chi connectivity index (χ3n) is 9.41. The number of H-pyrrole nitrogens is 2. The number of benzene rings is 4. The highest BCUT2D eigenvalue weighted by molar-refractivity contribution is 6.32. The van der Waals surface area contributed by atoms with Crippen LogP contribution in [0.1, 0.15) is 40.4 Å². The Balaban J connectivity index is 1.44. The summed E-state index contributed by atoms with van der Waals surface area (Å²) in [4.78, 5) is 18.1. The van der Waals surface area contributed by atoms with Crippen LogP contribution in [0.15, 0.2) is 191 Å². The second-order valence-corrected chi connectivity index (χ2v) is 12.6. The van der Waals surface area contributed by atoms with Gasteiger partial charge in [0, 0.05) is 56.0 Å². The summed E-state index contributed by atoms with van der Waals surface area (Å²) >= 11 is 0. The van der Waals surface area contributed by atoms with E-state index in [4.69, 9.17) is 14.7 Å². The standard InChI is InChI=1S/C46H34N4O/c1-2-51-46-35-28-41(50-46)45(33-21-13-6-14-22-33)39-25-23-36(48-39)42(30-15-7-3-8-16-30)34-27-40(47-29-34)44(32-19-11-5-12-20-32)38-26-24-37(49-38)43(35)31-17-9-4-10-18-31/h3-29,47,49H,2H2,1H3. The predicted molar refractivity (Wildman–Crippen MR) is 207 cm³/mol. The molecule has 6 aromatic rings. The number of fused-ring (bicyclic) bond motifs is 6. The predicted octanol–water partition coefficient (Wildman–Crippen LogP) is 8.36. The number of aromatic nitrogens is 2. The molecule has 5 heterocycles. The first kappa shape index (κ1) is 30.3. The first-order chi connectivity index (χ1) is 25.2. The number of hydrogen-bond donors (Lipinski definition) is 2. The van der Waals surface area contributed by atoms with Crippen molar-refractivity contribution in [3.63, 3.8) is 0 Å². The molecule has 51 heavy (non-hydrogen) atoms. The van der Waals surface area contributed by atoms with Gasteiger partial charge in [-0.1, -0.05) is 121 Å². The van der Waals surface area contributed by atoms with Crippen LogP contribution in [0.2, 0.25) is 0 Å². The van der Waals surface area contributed by atoms with Crippen LogP contribution in [0.4, 0.5) is 0 Å². The molecule has 0 amide bonds. The normalized spacial score (nSPS) is 15.3. The lowest BCUT2D eigenvalue weighted by Crippen LogP contribution is -2.19. The summed E-state index contributed by atoms with van der Waals surface area (Å²) in [7, 11) is 0. The van der Waals surface area contributed by atoms with Crippen molar-refractivity contribution < 1.29 is 4.74 Å². The minimum absolute atomic E-state index is 0.483. The van der Waals surface area contributed by atoms with Crippen LogP contribution in [0, 0.1) is 0 Å². The highest BCUT2D eigenvalue weighted by Crippen LogP contribution is 2.37. The number of nitrogens with one attached hydrogen (secondary N) is 2. The lowest BCUT2D eigenvalue weighted by molar-refractivity contribution is 0.329. The molecule has 0 saturated carbocycles. The Morgan fingerprint density at radius 3 is 1.69 bits per heavy atom. The first-order valence-corrected chi connectivity index (χ1v) is 17.3. The summed E-state index contributed by atoms with van der Waals surface area (Å²) in [6, 6.07) is 48.5. The maximum atomic E-state index is 6.34. The Kier molecular flexibility index (Phi) is 7.71. The number of rotatable bonds is 5. The smallest absolute Gasteiger partial charge is 0.222 e. The summed E-state index contributed by atoms with van der Waals surface area (Å²) in [6.45, 7) is 2.49. The van der Waals surface area contributed by atoms with E-state index in [2.05, 4.69) is 156 Å². The van der Waals surface area contributed by atoms with Crippen LogP contribution in [0.3, 0.4) is 0 Å². The minimum atomic E-state index is 0.483. The van der Waals surface area contributed by atoms with Gasteiger partial charge >= 0.3 is 0 Å². The number of aliphatic imine (C=N–C) groups is 2. The highest BCUT2D eigenvalue weighted by atomic mass is 16.5. The Labute approximate surface area is 296 Å². The minimum Gasteiger partial charge on any atom is -0.478 e. The molecule has 0 fully saturated rings. The van der Waals surface area contributed by atoms with Crippen LogP contribution in [0.5, 0.6) is 0 Å². The van der Waals surface area contributed by atoms with E-state index in [1.165, 1.54) is 0 Å². The van der Waals surface area contributed by atoms with Gasteiger partial charge in [0.05, 0.1) is 23.7 Å². The Morgan fingerprint density at radius 2 is 1.08 bits per heavy atom. The molecule has 5 nitrogen and oxygen atoms in total. The summed E-state index contributed by atoms with van der Waals surface area (Å²) in [5.41, 5.74) is 13.9. The molecule has 3 aliphatic rings. The average molecular weight is 659 g/mol. The Bertz CT molecular complexity index is 2600. The largest absolute Gasteiger partial charge is 0.478 e. The van der Waals surface area contributed by atoms with E-state index >= 15 is 0 Å². The van der Waals surface area contributed by atoms with Gasteiger partial charge in [0.2, 0.25) is 5.90 Å². The van der Waals surface area contributed by atoms with Gasteiger partial charge in [0.1, 0.15) is 0 Å². The van der Waals surface area contributed by atoms with Crippen molar-refractivity contribution >= 4 is 33.9 Å². The first-order valence-electron chi connectivity index (χ1n) is 17.3. The molecule has 0 spiro atoms. The number of nitrogens with zero attached hydrogens (tertiary/aromatic N) is 2. The van der Waals surface area contributed by atoms with E-state index in [0.717, 1.165) is 89.2 Å². The van der Waals surface area contributed by atoms with Gasteiger partial charge < -0.3 is 14.7 Å². The summed E-state index contributed by atoms with van der Waals surface area (Å²) in [6.07, 6.45) is 8.50. The van der Waals surface area contributed by atoms with Crippen molar-refractivity contribution in [2.24, 2.45) is 9.98 Å². The van der Waals surface area contributed by atoms with Crippen molar-refractivity contribution in [2.45, 2.75) is 6.92 Å². The van der Waals surface area contributed by atoms with Gasteiger partial charge in [-0.15, -0.1) is 0 Å². The maximum Gasteiger partial charge on any atom is 0.222 e. The van der Waals surface area contributed by atoms with Crippen molar-refractivity contribution in [1.82, 2.24) is 9.97 Å². The van der Waals surface area contributed by atoms with Crippen molar-refractivity contribution in [1.29, 1.82) is 0 Å². The lowest BCUT2D eigenvalue weighted by Gasteiger charge is -2.12. The fourth-order valence-electron chi connectivity index (χ4n) is 7.19. The lowest BCUT2D eigenvalue weighted by atomic mass is 9.95. The van der Waals surface area contributed by atoms with E-state index in [9.17, 15) is 0 Å². The fraction of sp³-hybridized carbons (Fsp3) is 0.0435. The van der Waals surface area contributed by atoms with Crippen molar-refractivity contribution in [3.8, 4) is 0 Å². The third kappa shape index (κ3) is 5.55. The molecule has 0 atom stereocenters. The Morgan fingerprint density at radius 1 is 0.529 bits per heavy atom. The molecule has 2 aromatic heterocycles. The second-order valence-electron chi connectivity index (χ2n) is 12.6. The molecule has 3 aliphatic heterocycles. The number of allylic oxidation sites excluding steroid dienone is 4. The van der Waals surface area contributed by atoms with Gasteiger partial charge in [-0.2, -0.15) is 0 Å². The molecule has 0 aliphatic carbocycles. The van der Waals surface area contributed by atoms with Gasteiger partial charge in [0.15, 0.2) is 0 Å². The van der Waals surface area contributed by atoms with Crippen molar-refractivity contribution in [2.75, 3.05) is 6.61 Å². The monoisotopic (exact) mass is 658 g/mol. The van der Waals surface area contributed by atoms with Crippen LogP contribution in [0.25, 0.3) is 22.3 Å². The zero-order valence-corrected chi connectivity index (χ0v) is 28.1. The van der Waals surface area contributed by atoms with Gasteiger partial charge in [-0.25, -0.2) is 9.98 Å². The van der Waals surface area contributed by atoms with Crippen LogP contribution >= 0.6 is 0 Å². The van der Waals surface area contributed by atoms with Gasteiger partial charge in [0.25, 0.3) is 0 Å². The molecule has 2 N–H and O–H groups in total. The summed E-state index contributed by atoms with van der Waals surface area (Å²) in [5.74, 6) is 0.587. The molecule has 9 rings (SSSR count). The van der Waals surface area contributed by atoms with Gasteiger partial charge in [-0.05, 0) is 65.6 Å². The molecule has 244 valence electrons. The average Bonchev–Trinajstić information content (AvgIpc) is 4.01. The molecule has 5 heteroatoms. The fourth-order valence-corrected chi connectivity index (χ4v) is 7.19. The molecule has 8 bridgehead atoms. The molecular weight excluding hydrogens is 625 g/mol. The quantitative estimate of drug-likeness (QED) is 0.192. The SMILES string of the molecule is CCOC1=NC2=C(c3ccccc3)C3=NC(=C(c4ccccc4)c4c[nH]c(c4)C(c4ccccc4)=c4ccc([nH]4)=C(c4ccccc4)C1=C2)C=C3. The van der Waals surface area contributed by atoms with E-state index < -0.39 is 0 Å². The topological polar surface area (TPSA) is 65.5 Å². The van der Waals surface area contributed by atoms with Crippen molar-refractivity contribution in [3.05, 3.63) is 225 Å². The number of aromatic amines is 2. The number of hydrogen-bond acceptors (Lipinski definition) is 3. The molecule has 4 aromatic carbocycles. The third-order valence-corrected chi connectivity index (χ3v) is 9.41. The van der Waals surface area contributed by atoms with E-state index in [1.807, 2.05) is 25.1 Å². The van der Waals surface area contributed by atoms with E-state index in [1.54, 1.807) is 0 Å². The zero-order chi connectivity index (χ0) is 34.1. The second kappa shape index (κ2) is 13.0. The molecular formula is C46H34N4O. The summed E-state index contributed by atoms with van der Waals surface area (Å²) in [5, 5.41) is 1.96. The highest BCUT2D eigenvalue weighted by Gasteiger charge is 2.28. The Hall–Kier alpha value is -6.72. The molecule has 0 radical (unpaired) electrons. The van der Waals surface area contributed by atoms with Crippen LogP contribution < -0.4 is 10.7 Å². The number of ether oxygens (including phenoxy) is 1. The zero-order valence-electron chi connectivity index (χ0n) is 28.1. The van der Waals surface area contributed by atoms with Gasteiger partial charge in [-0.3, -0.25) is 0 Å². The molecule has 0 saturated heterocycles. The molecule has 0 unspecified atom stereocenters. The van der Waals surface area contributed by atoms with E-state index in [0.29, 0.717) is 12.5 Å². The van der Waals surface area contributed by atoms with E-state index in [-0.39, 0.29) is 0 Å². The maximum absolute atomic E-state index is 6.34.